The first-order valence-corrected chi connectivity index (χ1v) is 7.37. The van der Waals surface area contributed by atoms with Gasteiger partial charge in [-0.2, -0.15) is 4.98 Å². The van der Waals surface area contributed by atoms with Crippen molar-refractivity contribution in [3.05, 3.63) is 69.1 Å². The molecule has 3 rings (SSSR count). The molecule has 1 aromatic carbocycles. The van der Waals surface area contributed by atoms with Crippen molar-refractivity contribution in [2.45, 2.75) is 30.6 Å². The zero-order valence-corrected chi connectivity index (χ0v) is 12.9. The lowest BCUT2D eigenvalue weighted by Crippen LogP contribution is -2.43. The van der Waals surface area contributed by atoms with Crippen LogP contribution in [0.5, 0.6) is 0 Å². The average Bonchev–Trinajstić information content (AvgIpc) is 2.82. The lowest BCUT2D eigenvalue weighted by atomic mass is 9.96. The topological polar surface area (TPSA) is 159 Å². The Kier molecular flexibility index (Phi) is 4.43. The Balaban J connectivity index is 2.00. The van der Waals surface area contributed by atoms with Gasteiger partial charge in [-0.1, -0.05) is 29.4 Å². The molecule has 2 heterocycles. The molecule has 10 heteroatoms. The molecule has 4 atom stereocenters. The van der Waals surface area contributed by atoms with Crippen molar-refractivity contribution in [3.63, 3.8) is 0 Å². The number of rotatable bonds is 4. The third kappa shape index (κ3) is 3.06. The van der Waals surface area contributed by atoms with Gasteiger partial charge < -0.3 is 20.7 Å². The zero-order valence-electron chi connectivity index (χ0n) is 12.9. The van der Waals surface area contributed by atoms with Gasteiger partial charge in [0.15, 0.2) is 12.0 Å². The highest BCUT2D eigenvalue weighted by Gasteiger charge is 2.55. The van der Waals surface area contributed by atoms with Crippen LogP contribution in [0.25, 0.3) is 10.4 Å². The first kappa shape index (κ1) is 16.9. The molecular weight excluding hydrogens is 328 g/mol. The molecule has 0 bridgehead atoms. The molecule has 1 radical (unpaired) electrons. The molecule has 10 nitrogen and oxygen atoms in total. The van der Waals surface area contributed by atoms with E-state index in [0.29, 0.717) is 5.56 Å². The maximum atomic E-state index is 12.0. The zero-order chi connectivity index (χ0) is 18.0. The number of nitrogens with two attached hydrogens (primary N) is 1. The van der Waals surface area contributed by atoms with E-state index >= 15 is 0 Å². The number of anilines is 1. The molecule has 129 valence electrons. The first-order chi connectivity index (χ1) is 12.0. The van der Waals surface area contributed by atoms with Crippen molar-refractivity contribution < 1.29 is 14.9 Å². The average molecular weight is 343 g/mol. The summed E-state index contributed by atoms with van der Waals surface area (Å²) in [6.07, 6.45) is -3.06. The smallest absolute Gasteiger partial charge is 0.351 e. The Morgan fingerprint density at radius 1 is 1.44 bits per heavy atom. The Morgan fingerprint density at radius 2 is 2.16 bits per heavy atom. The molecule has 1 aliphatic rings. The number of nitrogens with zero attached hydrogens (tertiary/aromatic N) is 5. The van der Waals surface area contributed by atoms with E-state index in [4.69, 9.17) is 16.0 Å². The summed E-state index contributed by atoms with van der Waals surface area (Å²) < 4.78 is 6.66. The molecule has 0 amide bonds. The normalized spacial score (nSPS) is 28.5. The van der Waals surface area contributed by atoms with E-state index in [1.165, 1.54) is 12.3 Å². The van der Waals surface area contributed by atoms with Gasteiger partial charge in [0.2, 0.25) is 0 Å². The Labute approximate surface area is 141 Å². The third-order valence-corrected chi connectivity index (χ3v) is 3.99. The van der Waals surface area contributed by atoms with E-state index in [2.05, 4.69) is 21.1 Å². The third-order valence-electron chi connectivity index (χ3n) is 3.99. The number of azide groups is 1. The maximum absolute atomic E-state index is 12.0. The van der Waals surface area contributed by atoms with E-state index in [1.54, 1.807) is 24.3 Å². The van der Waals surface area contributed by atoms with E-state index in [0.717, 1.165) is 4.57 Å². The Morgan fingerprint density at radius 3 is 2.80 bits per heavy atom. The summed E-state index contributed by atoms with van der Waals surface area (Å²) >= 11 is 0. The fraction of sp³-hybridized carbons (Fsp3) is 0.333. The summed E-state index contributed by atoms with van der Waals surface area (Å²) in [7, 11) is 0. The van der Waals surface area contributed by atoms with E-state index in [1.807, 2.05) is 0 Å². The maximum Gasteiger partial charge on any atom is 0.351 e. The predicted octanol–water partition coefficient (Wildman–Crippen LogP) is 0.126. The van der Waals surface area contributed by atoms with Crippen LogP contribution in [0.3, 0.4) is 0 Å². The summed E-state index contributed by atoms with van der Waals surface area (Å²) in [4.78, 5) is 18.3. The molecule has 4 N–H and O–H groups in total. The standard InChI is InChI=1S/C15H15N6O4/c16-10-6-7-21(14(24)18-10)13-11(22)12(23)15(25-13,19-20-17)8-9-4-2-1-3-5-9/h2-7,11-13,22-23H,8H2,(H2,16,18,24)/t11-,12+,13-,15+/m1/s1. The Hall–Kier alpha value is -2.91. The molecule has 2 aromatic rings. The van der Waals surface area contributed by atoms with Gasteiger partial charge in [0.25, 0.3) is 0 Å². The van der Waals surface area contributed by atoms with Crippen LogP contribution in [0, 0.1) is 6.07 Å². The number of ether oxygens (including phenoxy) is 1. The molecule has 0 unspecified atom stereocenters. The number of hydrogen-bond acceptors (Lipinski definition) is 7. The highest BCUT2D eigenvalue weighted by molar-refractivity contribution is 5.24. The predicted molar refractivity (Wildman–Crippen MR) is 85.9 cm³/mol. The number of nitrogen functional groups attached to an aromatic ring is 1. The number of benzene rings is 1. The van der Waals surface area contributed by atoms with E-state index < -0.39 is 29.9 Å². The van der Waals surface area contributed by atoms with Crippen molar-refractivity contribution in [2.75, 3.05) is 5.73 Å². The minimum Gasteiger partial charge on any atom is -0.387 e. The largest absolute Gasteiger partial charge is 0.387 e. The summed E-state index contributed by atoms with van der Waals surface area (Å²) in [6.45, 7) is 0. The molecule has 0 saturated carbocycles. The minimum atomic E-state index is -1.78. The van der Waals surface area contributed by atoms with Crippen molar-refractivity contribution in [2.24, 2.45) is 5.11 Å². The van der Waals surface area contributed by atoms with Crippen molar-refractivity contribution in [3.8, 4) is 0 Å². The van der Waals surface area contributed by atoms with Gasteiger partial charge in [0, 0.05) is 17.5 Å². The van der Waals surface area contributed by atoms with Gasteiger partial charge in [-0.3, -0.25) is 4.57 Å². The quantitative estimate of drug-likeness (QED) is 0.406. The van der Waals surface area contributed by atoms with Crippen LogP contribution < -0.4 is 11.4 Å². The molecule has 0 spiro atoms. The van der Waals surface area contributed by atoms with Gasteiger partial charge >= 0.3 is 5.69 Å². The fourth-order valence-corrected chi connectivity index (χ4v) is 2.78. The second-order valence-corrected chi connectivity index (χ2v) is 5.61. The number of hydrogen-bond donors (Lipinski definition) is 3. The van der Waals surface area contributed by atoms with Gasteiger partial charge in [-0.25, -0.2) is 4.79 Å². The molecule has 25 heavy (non-hydrogen) atoms. The molecule has 1 aromatic heterocycles. The summed E-state index contributed by atoms with van der Waals surface area (Å²) in [5.74, 6) is 0.0103. The van der Waals surface area contributed by atoms with Crippen LogP contribution in [-0.2, 0) is 11.2 Å². The molecule has 0 aliphatic carbocycles. The number of aliphatic hydroxyl groups is 2. The molecule has 1 aliphatic heterocycles. The van der Waals surface area contributed by atoms with Crippen molar-refractivity contribution in [1.82, 2.24) is 9.55 Å². The number of aromatic nitrogens is 2. The van der Waals surface area contributed by atoms with Gasteiger partial charge in [-0.15, -0.1) is 0 Å². The summed E-state index contributed by atoms with van der Waals surface area (Å²) in [6, 6.07) is 10.9. The van der Waals surface area contributed by atoms with Crippen LogP contribution >= 0.6 is 0 Å². The molecular formula is C15H15N6O4. The summed E-state index contributed by atoms with van der Waals surface area (Å²) in [5, 5.41) is 24.4. The lowest BCUT2D eigenvalue weighted by molar-refractivity contribution is -0.101. The monoisotopic (exact) mass is 343 g/mol. The lowest BCUT2D eigenvalue weighted by Gasteiger charge is -2.26. The van der Waals surface area contributed by atoms with E-state index in [9.17, 15) is 15.0 Å². The van der Waals surface area contributed by atoms with Crippen molar-refractivity contribution >= 4 is 5.82 Å². The Bertz CT molecular complexity index is 866. The van der Waals surface area contributed by atoms with Gasteiger partial charge in [0.1, 0.15) is 18.0 Å². The van der Waals surface area contributed by atoms with Crippen LogP contribution in [0.2, 0.25) is 0 Å². The van der Waals surface area contributed by atoms with Gasteiger partial charge in [-0.05, 0) is 23.2 Å². The highest BCUT2D eigenvalue weighted by atomic mass is 16.6. The summed E-state index contributed by atoms with van der Waals surface area (Å²) in [5.41, 5.74) is 12.5. The van der Waals surface area contributed by atoms with Crippen LogP contribution in [0.15, 0.2) is 46.4 Å². The van der Waals surface area contributed by atoms with Crippen LogP contribution in [-0.4, -0.2) is 37.7 Å². The molecule has 1 fully saturated rings. The van der Waals surface area contributed by atoms with Crippen molar-refractivity contribution in [1.29, 1.82) is 0 Å². The molecule has 1 saturated heterocycles. The minimum absolute atomic E-state index is 0.00236. The number of aliphatic hydroxyl groups excluding tert-OH is 2. The fourth-order valence-electron chi connectivity index (χ4n) is 2.78. The van der Waals surface area contributed by atoms with Gasteiger partial charge in [0.05, 0.1) is 0 Å². The SMILES string of the molecule is [N-]=[N+]=N[C@@]1(Cc2cc[c]cc2)O[C@@H](n2ccc(N)nc2=O)[C@H](O)[C@@H]1O. The van der Waals surface area contributed by atoms with Crippen LogP contribution in [0.4, 0.5) is 5.82 Å². The first-order valence-electron chi connectivity index (χ1n) is 7.37. The highest BCUT2D eigenvalue weighted by Crippen LogP contribution is 2.40. The van der Waals surface area contributed by atoms with E-state index in [-0.39, 0.29) is 12.2 Å². The second kappa shape index (κ2) is 6.54. The van der Waals surface area contributed by atoms with Crippen LogP contribution in [0.1, 0.15) is 11.8 Å². The second-order valence-electron chi connectivity index (χ2n) is 5.61.